The van der Waals surface area contributed by atoms with Crippen LogP contribution in [-0.2, 0) is 0 Å². The number of nitrogens with zero attached hydrogens (tertiary/aromatic N) is 2. The van der Waals surface area contributed by atoms with E-state index in [0.29, 0.717) is 48.5 Å². The second-order valence-corrected chi connectivity index (χ2v) is 10.2. The number of carbonyl (C=O) groups excluding carboxylic acids is 1. The number of aromatic nitrogens is 2. The molecule has 1 fully saturated rings. The lowest BCUT2D eigenvalue weighted by atomic mass is 10.0. The molecular weight excluding hydrogens is 533 g/mol. The molecule has 4 aromatic rings. The number of likely N-dealkylation sites (tertiary alicyclic amines) is 1. The lowest BCUT2D eigenvalue weighted by Crippen LogP contribution is -2.45. The zero-order valence-corrected chi connectivity index (χ0v) is 21.5. The van der Waals surface area contributed by atoms with Gasteiger partial charge in [0, 0.05) is 41.7 Å². The van der Waals surface area contributed by atoms with Crippen molar-refractivity contribution in [2.75, 3.05) is 19.6 Å². The fourth-order valence-electron chi connectivity index (χ4n) is 4.54. The number of thiophene rings is 1. The van der Waals surface area contributed by atoms with Crippen LogP contribution in [0.4, 0.5) is 13.2 Å². The van der Waals surface area contributed by atoms with Gasteiger partial charge in [-0.25, -0.2) is 0 Å². The summed E-state index contributed by atoms with van der Waals surface area (Å²) in [5.41, 5.74) is 3.21. The first-order valence-electron chi connectivity index (χ1n) is 12.4. The van der Waals surface area contributed by atoms with E-state index < -0.39 is 31.0 Å². The Balaban J connectivity index is 1.21. The third-order valence-corrected chi connectivity index (χ3v) is 7.43. The Morgan fingerprint density at radius 3 is 2.56 bits per heavy atom. The van der Waals surface area contributed by atoms with Gasteiger partial charge in [0.1, 0.15) is 11.9 Å². The van der Waals surface area contributed by atoms with E-state index in [9.17, 15) is 28.2 Å². The number of H-pyrrole nitrogens is 1. The normalized spacial score (nSPS) is 16.7. The number of hydrogen-bond donors (Lipinski definition) is 4. The Labute approximate surface area is 226 Å². The SMILES string of the molecule is O=C(N[C@@H](O)c1ccsc1)c1ccc2[nH]nc(-c3ccc(OC4CCN(C[C@@H](O)C(F)(F)F)CC4)cc3)c2c1. The third-order valence-electron chi connectivity index (χ3n) is 6.73. The summed E-state index contributed by atoms with van der Waals surface area (Å²) in [5.74, 6) is 0.223. The highest BCUT2D eigenvalue weighted by molar-refractivity contribution is 7.07. The lowest BCUT2D eigenvalue weighted by Gasteiger charge is -2.33. The van der Waals surface area contributed by atoms with Crippen molar-refractivity contribution in [3.8, 4) is 17.0 Å². The van der Waals surface area contributed by atoms with Crippen molar-refractivity contribution < 1.29 is 32.9 Å². The molecule has 0 saturated carbocycles. The van der Waals surface area contributed by atoms with Gasteiger partial charge < -0.3 is 25.2 Å². The van der Waals surface area contributed by atoms with Crippen LogP contribution < -0.4 is 10.1 Å². The quantitative estimate of drug-likeness (QED) is 0.237. The van der Waals surface area contributed by atoms with Gasteiger partial charge in [0.2, 0.25) is 0 Å². The number of halogens is 3. The van der Waals surface area contributed by atoms with E-state index in [4.69, 9.17) is 4.74 Å². The maximum absolute atomic E-state index is 12.7. The number of amides is 1. The topological polar surface area (TPSA) is 111 Å². The molecule has 8 nitrogen and oxygen atoms in total. The van der Waals surface area contributed by atoms with Crippen LogP contribution >= 0.6 is 11.3 Å². The smallest absolute Gasteiger partial charge is 0.415 e. The minimum Gasteiger partial charge on any atom is -0.490 e. The second-order valence-electron chi connectivity index (χ2n) is 9.46. The van der Waals surface area contributed by atoms with Crippen LogP contribution in [0.5, 0.6) is 5.75 Å². The number of aliphatic hydroxyl groups is 2. The molecule has 3 heterocycles. The van der Waals surface area contributed by atoms with Crippen molar-refractivity contribution in [1.82, 2.24) is 20.4 Å². The Kier molecular flexibility index (Phi) is 7.89. The summed E-state index contributed by atoms with van der Waals surface area (Å²) >= 11 is 1.43. The summed E-state index contributed by atoms with van der Waals surface area (Å²) in [5, 5.41) is 33.8. The first-order valence-corrected chi connectivity index (χ1v) is 13.3. The molecule has 0 unspecified atom stereocenters. The minimum absolute atomic E-state index is 0.133. The predicted octanol–water partition coefficient (Wildman–Crippen LogP) is 4.48. The van der Waals surface area contributed by atoms with Gasteiger partial charge in [-0.15, -0.1) is 0 Å². The van der Waals surface area contributed by atoms with E-state index >= 15 is 0 Å². The summed E-state index contributed by atoms with van der Waals surface area (Å²) in [4.78, 5) is 14.3. The molecule has 0 radical (unpaired) electrons. The molecule has 5 rings (SSSR count). The zero-order chi connectivity index (χ0) is 27.6. The molecule has 206 valence electrons. The monoisotopic (exact) mass is 560 g/mol. The van der Waals surface area contributed by atoms with Gasteiger partial charge in [-0.05, 0) is 72.1 Å². The van der Waals surface area contributed by atoms with Crippen molar-refractivity contribution in [2.45, 2.75) is 37.5 Å². The van der Waals surface area contributed by atoms with Crippen LogP contribution in [0.25, 0.3) is 22.2 Å². The fraction of sp³-hybridized carbons (Fsp3) is 0.333. The highest BCUT2D eigenvalue weighted by atomic mass is 32.1. The number of nitrogens with one attached hydrogen (secondary N) is 2. The maximum Gasteiger partial charge on any atom is 0.415 e. The number of fused-ring (bicyclic) bond motifs is 1. The van der Waals surface area contributed by atoms with E-state index in [2.05, 4.69) is 15.5 Å². The van der Waals surface area contributed by atoms with Crippen molar-refractivity contribution >= 4 is 28.1 Å². The summed E-state index contributed by atoms with van der Waals surface area (Å²) in [7, 11) is 0. The Morgan fingerprint density at radius 2 is 1.90 bits per heavy atom. The number of benzene rings is 2. The predicted molar refractivity (Wildman–Crippen MR) is 140 cm³/mol. The van der Waals surface area contributed by atoms with Gasteiger partial charge in [0.05, 0.1) is 11.2 Å². The lowest BCUT2D eigenvalue weighted by molar-refractivity contribution is -0.208. The molecule has 0 aliphatic carbocycles. The fourth-order valence-corrected chi connectivity index (χ4v) is 5.22. The van der Waals surface area contributed by atoms with Crippen molar-refractivity contribution in [3.05, 3.63) is 70.4 Å². The van der Waals surface area contributed by atoms with Crippen molar-refractivity contribution in [3.63, 3.8) is 0 Å². The van der Waals surface area contributed by atoms with Crippen molar-refractivity contribution in [2.24, 2.45) is 0 Å². The molecule has 1 saturated heterocycles. The van der Waals surface area contributed by atoms with Crippen molar-refractivity contribution in [1.29, 1.82) is 0 Å². The molecular formula is C27H27F3N4O4S. The Hall–Kier alpha value is -3.45. The van der Waals surface area contributed by atoms with Gasteiger partial charge in [-0.1, -0.05) is 0 Å². The largest absolute Gasteiger partial charge is 0.490 e. The number of hydrogen-bond acceptors (Lipinski definition) is 7. The Bertz CT molecular complexity index is 1400. The number of ether oxygens (including phenoxy) is 1. The molecule has 2 aromatic heterocycles. The van der Waals surface area contributed by atoms with Gasteiger partial charge >= 0.3 is 6.18 Å². The number of aliphatic hydroxyl groups excluding tert-OH is 2. The maximum atomic E-state index is 12.7. The van der Waals surface area contributed by atoms with Gasteiger partial charge in [-0.2, -0.15) is 29.6 Å². The van der Waals surface area contributed by atoms with E-state index in [1.807, 2.05) is 29.6 Å². The molecule has 1 aliphatic rings. The molecule has 2 atom stereocenters. The van der Waals surface area contributed by atoms with Gasteiger partial charge in [0.25, 0.3) is 5.91 Å². The molecule has 4 N–H and O–H groups in total. The van der Waals surface area contributed by atoms with Crippen LogP contribution in [0.3, 0.4) is 0 Å². The van der Waals surface area contributed by atoms with Crippen LogP contribution in [0, 0.1) is 0 Å². The number of piperidine rings is 1. The van der Waals surface area contributed by atoms with E-state index in [1.165, 1.54) is 11.3 Å². The summed E-state index contributed by atoms with van der Waals surface area (Å²) in [6, 6.07) is 14.2. The molecule has 0 spiro atoms. The average molecular weight is 561 g/mol. The number of rotatable bonds is 8. The van der Waals surface area contributed by atoms with Crippen LogP contribution in [0.2, 0.25) is 0 Å². The first kappa shape index (κ1) is 27.1. The summed E-state index contributed by atoms with van der Waals surface area (Å²) in [6.07, 6.45) is -7.08. The van der Waals surface area contributed by atoms with Gasteiger partial charge in [-0.3, -0.25) is 9.89 Å². The number of carbonyl (C=O) groups is 1. The highest BCUT2D eigenvalue weighted by Gasteiger charge is 2.39. The van der Waals surface area contributed by atoms with Crippen LogP contribution in [-0.4, -0.2) is 69.2 Å². The van der Waals surface area contributed by atoms with Crippen LogP contribution in [0.1, 0.15) is 35.0 Å². The second kappa shape index (κ2) is 11.3. The number of β-amino-alcohol motifs (C(OH)–C–C–N with tert-alkyl or cyclic N) is 1. The third kappa shape index (κ3) is 6.41. The Morgan fingerprint density at radius 1 is 1.15 bits per heavy atom. The molecule has 1 amide bonds. The van der Waals surface area contributed by atoms with E-state index in [1.54, 1.807) is 34.5 Å². The van der Waals surface area contributed by atoms with E-state index in [0.717, 1.165) is 16.5 Å². The summed E-state index contributed by atoms with van der Waals surface area (Å²) < 4.78 is 43.8. The standard InChI is InChI=1S/C27H27F3N4O4S/c28-27(29,30)23(35)14-34-10-7-20(8-11-34)38-19-4-1-16(2-5-19)24-21-13-17(3-6-22(21)32-33-24)25(36)31-26(37)18-9-12-39-15-18/h1-6,9,12-13,15,20,23,26,35,37H,7-8,10-11,14H2,(H,31,36)(H,32,33)/t23-,26+/m1/s1. The summed E-state index contributed by atoms with van der Waals surface area (Å²) in [6.45, 7) is 0.395. The molecule has 1 aliphatic heterocycles. The molecule has 12 heteroatoms. The van der Waals surface area contributed by atoms with Gasteiger partial charge in [0.15, 0.2) is 12.3 Å². The molecule has 2 aromatic carbocycles. The highest BCUT2D eigenvalue weighted by Crippen LogP contribution is 2.30. The van der Waals surface area contributed by atoms with Crippen LogP contribution in [0.15, 0.2) is 59.3 Å². The molecule has 0 bridgehead atoms. The molecule has 39 heavy (non-hydrogen) atoms. The number of alkyl halides is 3. The zero-order valence-electron chi connectivity index (χ0n) is 20.7. The first-order chi connectivity index (χ1) is 18.7. The average Bonchev–Trinajstić information content (AvgIpc) is 3.60. The minimum atomic E-state index is -4.62. The number of aromatic amines is 1. The van der Waals surface area contributed by atoms with E-state index in [-0.39, 0.29) is 6.10 Å².